The van der Waals surface area contributed by atoms with Gasteiger partial charge in [0.05, 0.1) is 53.9 Å². The summed E-state index contributed by atoms with van der Waals surface area (Å²) in [6, 6.07) is 1.94. The normalized spacial score (nSPS) is 12.2. The van der Waals surface area contributed by atoms with Gasteiger partial charge in [-0.2, -0.15) is 0 Å². The summed E-state index contributed by atoms with van der Waals surface area (Å²) in [7, 11) is 2.10. The van der Waals surface area contributed by atoms with Gasteiger partial charge in [0.25, 0.3) is 0 Å². The van der Waals surface area contributed by atoms with E-state index >= 15 is 0 Å². The average Bonchev–Trinajstić information content (AvgIpc) is 3.39. The van der Waals surface area contributed by atoms with Crippen molar-refractivity contribution in [1.29, 1.82) is 0 Å². The molecule has 470 valence electrons. The molecule has 0 aromatic heterocycles. The van der Waals surface area contributed by atoms with E-state index in [1.807, 2.05) is 0 Å². The van der Waals surface area contributed by atoms with Crippen molar-refractivity contribution in [2.24, 2.45) is 0 Å². The Labute approximate surface area is 500 Å². The van der Waals surface area contributed by atoms with Gasteiger partial charge in [0.1, 0.15) is 0 Å². The lowest BCUT2D eigenvalue weighted by molar-refractivity contribution is -0.910. The third-order valence-electron chi connectivity index (χ3n) is 15.6. The smallest absolute Gasteiger partial charge is 0.501 e. The fourth-order valence-electron chi connectivity index (χ4n) is 10.0. The van der Waals surface area contributed by atoms with E-state index in [1.165, 1.54) is 204 Å². The summed E-state index contributed by atoms with van der Waals surface area (Å²) < 4.78 is 41.3. The summed E-state index contributed by atoms with van der Waals surface area (Å²) in [5.74, 6) is 0. The van der Waals surface area contributed by atoms with Gasteiger partial charge in [-0.1, -0.05) is 229 Å². The summed E-state index contributed by atoms with van der Waals surface area (Å²) >= 11 is 0. The van der Waals surface area contributed by atoms with Crippen LogP contribution in [0, 0.1) is 0 Å². The Morgan fingerprint density at radius 3 is 0.649 bits per heavy atom. The van der Waals surface area contributed by atoms with E-state index in [2.05, 4.69) is 83.5 Å². The fourth-order valence-corrected chi connectivity index (χ4v) is 15.3. The number of rotatable bonds is 61. The molecule has 0 N–H and O–H groups in total. The molecule has 0 saturated heterocycles. The maximum atomic E-state index is 6.59. The molecule has 0 radical (unpaired) electrons. The van der Waals surface area contributed by atoms with E-state index in [-0.39, 0.29) is 24.8 Å². The van der Waals surface area contributed by atoms with Gasteiger partial charge < -0.3 is 60.3 Å². The van der Waals surface area contributed by atoms with Gasteiger partial charge in [0.15, 0.2) is 0 Å². The van der Waals surface area contributed by atoms with Gasteiger partial charge in [0, 0.05) is 64.6 Å². The van der Waals surface area contributed by atoms with Crippen LogP contribution in [0.25, 0.3) is 0 Å². The molecule has 0 rings (SSSR count). The zero-order valence-electron chi connectivity index (χ0n) is 54.6. The lowest BCUT2D eigenvalue weighted by Crippen LogP contribution is -3.00. The van der Waals surface area contributed by atoms with E-state index < -0.39 is 17.6 Å². The second-order valence-electron chi connectivity index (χ2n) is 24.1. The monoisotopic (exact) mass is 1170 g/mol. The highest BCUT2D eigenvalue weighted by atomic mass is 35.5. The number of unbranched alkanes of at least 4 members (excludes halogenated alkanes) is 29. The number of halogens is 2. The van der Waals surface area contributed by atoms with Crippen molar-refractivity contribution in [1.82, 2.24) is 0 Å². The van der Waals surface area contributed by atoms with E-state index in [9.17, 15) is 0 Å². The lowest BCUT2D eigenvalue weighted by atomic mass is 10.1. The van der Waals surface area contributed by atoms with Crippen LogP contribution in [0.2, 0.25) is 12.1 Å². The lowest BCUT2D eigenvalue weighted by Gasteiger charge is -2.36. The standard InChI is InChI=1S/C38H82NO3Si.C27H60NO3Si.2ClH/c1-7-12-17-19-21-23-25-27-29-32-39(6,33-30-28-26-24-22-20-18-13-8-2)34-31-38-43(40-35-14-9-3,41-36-15-10-4)42-37-16-11-5;1-7-11-15-16-17-18-19-20-22-28(5,6)23-21-27-32(29-24-12-8-2,30-25-13-9-3)31-26-14-10-4;;/h7-38H2,1-6H3;7-27H2,1-6H3;2*1H/q2*+1;;/p-2. The molecule has 0 aromatic carbocycles. The highest BCUT2D eigenvalue weighted by Crippen LogP contribution is 2.25. The summed E-state index contributed by atoms with van der Waals surface area (Å²) in [4.78, 5) is 0. The molecule has 0 aliphatic heterocycles. The Hall–Kier alpha value is 0.694. The molecule has 0 spiro atoms. The SMILES string of the molecule is CCCCCCCCCCC[N+](C)(CCCCCCCCCCC)CCC[Si](OCCCC)(OCCCC)OCCCC.CCCCCCCCCC[N+](C)(C)CCC[Si](OCCCC)(OCCCC)OCCCC.[Cl-].[Cl-]. The third kappa shape index (κ3) is 55.6. The van der Waals surface area contributed by atoms with Gasteiger partial charge in [-0.05, 0) is 77.0 Å². The molecule has 0 unspecified atom stereocenters. The average molecular weight is 1170 g/mol. The van der Waals surface area contributed by atoms with Crippen LogP contribution in [0.15, 0.2) is 0 Å². The van der Waals surface area contributed by atoms with Gasteiger partial charge in [0.2, 0.25) is 0 Å². The number of hydrogen-bond donors (Lipinski definition) is 0. The first-order valence-electron chi connectivity index (χ1n) is 34.0. The highest BCUT2D eigenvalue weighted by molar-refractivity contribution is 6.61. The number of quaternary nitrogens is 2. The Morgan fingerprint density at radius 2 is 0.403 bits per heavy atom. The Kier molecular flexibility index (Phi) is 68.6. The molecular weight excluding hydrogens is 1030 g/mol. The molecule has 0 saturated carbocycles. The van der Waals surface area contributed by atoms with Crippen LogP contribution in [0.5, 0.6) is 0 Å². The molecule has 77 heavy (non-hydrogen) atoms. The van der Waals surface area contributed by atoms with E-state index in [0.29, 0.717) is 0 Å². The third-order valence-corrected chi connectivity index (χ3v) is 21.4. The molecule has 0 atom stereocenters. The van der Waals surface area contributed by atoms with Gasteiger partial charge in [-0.3, -0.25) is 0 Å². The molecule has 0 fully saturated rings. The van der Waals surface area contributed by atoms with Crippen molar-refractivity contribution in [3.8, 4) is 0 Å². The Morgan fingerprint density at radius 1 is 0.221 bits per heavy atom. The predicted molar refractivity (Wildman–Crippen MR) is 335 cm³/mol. The Balaban J connectivity index is -0.000000702. The molecule has 12 heteroatoms. The van der Waals surface area contributed by atoms with Crippen molar-refractivity contribution in [2.45, 2.75) is 331 Å². The van der Waals surface area contributed by atoms with Crippen LogP contribution in [-0.4, -0.2) is 120 Å². The van der Waals surface area contributed by atoms with Gasteiger partial charge in [-0.15, -0.1) is 0 Å². The first kappa shape index (κ1) is 84.1. The van der Waals surface area contributed by atoms with Gasteiger partial charge >= 0.3 is 17.6 Å². The topological polar surface area (TPSA) is 55.4 Å². The van der Waals surface area contributed by atoms with Crippen molar-refractivity contribution < 1.29 is 60.3 Å². The highest BCUT2D eigenvalue weighted by Gasteiger charge is 2.42. The molecule has 0 aliphatic rings. The summed E-state index contributed by atoms with van der Waals surface area (Å²) in [6.07, 6.45) is 52.2. The van der Waals surface area contributed by atoms with Crippen molar-refractivity contribution in [3.63, 3.8) is 0 Å². The van der Waals surface area contributed by atoms with Crippen molar-refractivity contribution in [3.05, 3.63) is 0 Å². The van der Waals surface area contributed by atoms with Crippen LogP contribution >= 0.6 is 0 Å². The summed E-state index contributed by atoms with van der Waals surface area (Å²) in [6.45, 7) is 31.3. The van der Waals surface area contributed by atoms with Gasteiger partial charge in [-0.25, -0.2) is 0 Å². The maximum absolute atomic E-state index is 6.59. The van der Waals surface area contributed by atoms with Crippen LogP contribution < -0.4 is 24.8 Å². The fraction of sp³-hybridized carbons (Fsp3) is 1.00. The Bertz CT molecular complexity index is 1040. The number of hydrogen-bond acceptors (Lipinski definition) is 6. The van der Waals surface area contributed by atoms with Crippen LogP contribution in [0.3, 0.4) is 0 Å². The first-order valence-corrected chi connectivity index (χ1v) is 37.8. The second-order valence-corrected chi connectivity index (χ2v) is 29.6. The van der Waals surface area contributed by atoms with E-state index in [0.717, 1.165) is 146 Å². The summed E-state index contributed by atoms with van der Waals surface area (Å²) in [5.41, 5.74) is 0. The second kappa shape index (κ2) is 62.7. The first-order chi connectivity index (χ1) is 36.5. The zero-order chi connectivity index (χ0) is 55.7. The molecule has 0 aliphatic carbocycles. The molecule has 0 bridgehead atoms. The number of nitrogens with zero attached hydrogens (tertiary/aromatic N) is 2. The maximum Gasteiger partial charge on any atom is 0.501 e. The molecule has 8 nitrogen and oxygen atoms in total. The van der Waals surface area contributed by atoms with Crippen molar-refractivity contribution in [2.75, 3.05) is 93.5 Å². The van der Waals surface area contributed by atoms with Crippen LogP contribution in [0.4, 0.5) is 0 Å². The molecule has 0 amide bonds. The predicted octanol–water partition coefficient (Wildman–Crippen LogP) is 14.3. The molecular formula is C65H142Cl2N2O6Si2. The minimum absolute atomic E-state index is 0. The zero-order valence-corrected chi connectivity index (χ0v) is 58.1. The minimum Gasteiger partial charge on any atom is -1.00 e. The van der Waals surface area contributed by atoms with Crippen LogP contribution in [-0.2, 0) is 26.6 Å². The van der Waals surface area contributed by atoms with E-state index in [4.69, 9.17) is 26.6 Å². The molecule has 0 heterocycles. The largest absolute Gasteiger partial charge is 1.00 e. The summed E-state index contributed by atoms with van der Waals surface area (Å²) in [5, 5.41) is 0. The van der Waals surface area contributed by atoms with E-state index in [1.54, 1.807) is 0 Å². The molecule has 0 aromatic rings. The minimum atomic E-state index is -2.64. The quantitative estimate of drug-likeness (QED) is 0.0344. The van der Waals surface area contributed by atoms with Crippen molar-refractivity contribution >= 4 is 17.6 Å². The van der Waals surface area contributed by atoms with Crippen LogP contribution in [0.1, 0.15) is 319 Å².